The molecule has 5 aromatic rings. The molecule has 0 saturated carbocycles. The van der Waals surface area contributed by atoms with Gasteiger partial charge in [-0.15, -0.1) is 0 Å². The number of hydrogen-bond acceptors (Lipinski definition) is 11. The minimum atomic E-state index is -0.810. The van der Waals surface area contributed by atoms with E-state index in [2.05, 4.69) is 43.8 Å². The zero-order chi connectivity index (χ0) is 42.3. The molecule has 3 atom stereocenters. The number of nitrogens with zero attached hydrogens (tertiary/aromatic N) is 7. The third kappa shape index (κ3) is 9.79. The van der Waals surface area contributed by atoms with Crippen molar-refractivity contribution in [2.24, 2.45) is 11.8 Å². The van der Waals surface area contributed by atoms with Crippen LogP contribution in [-0.4, -0.2) is 88.2 Å². The highest BCUT2D eigenvalue weighted by molar-refractivity contribution is 5.99. The van der Waals surface area contributed by atoms with Crippen LogP contribution in [0.2, 0.25) is 0 Å². The molecule has 3 fully saturated rings. The number of fused-ring (bicyclic) bond motifs is 1. The van der Waals surface area contributed by atoms with Gasteiger partial charge in [-0.1, -0.05) is 36.8 Å². The third-order valence-corrected chi connectivity index (χ3v) is 12.3. The summed E-state index contributed by atoms with van der Waals surface area (Å²) in [6.45, 7) is 6.92. The van der Waals surface area contributed by atoms with Gasteiger partial charge in [0.05, 0.1) is 29.3 Å². The van der Waals surface area contributed by atoms with E-state index in [0.29, 0.717) is 85.8 Å². The smallest absolute Gasteiger partial charge is 0.275 e. The van der Waals surface area contributed by atoms with Gasteiger partial charge < -0.3 is 19.9 Å². The van der Waals surface area contributed by atoms with Gasteiger partial charge in [0, 0.05) is 67.9 Å². The summed E-state index contributed by atoms with van der Waals surface area (Å²) in [6.07, 6.45) is 7.25. The molecule has 0 bridgehead atoms. The number of nitriles is 1. The lowest BCUT2D eigenvalue weighted by Crippen LogP contribution is -2.48. The molecule has 0 radical (unpaired) electrons. The van der Waals surface area contributed by atoms with E-state index in [1.165, 1.54) is 4.68 Å². The van der Waals surface area contributed by atoms with Crippen LogP contribution >= 0.6 is 0 Å². The van der Waals surface area contributed by atoms with Gasteiger partial charge in [-0.3, -0.25) is 24.5 Å². The molecule has 0 spiro atoms. The Morgan fingerprint density at radius 1 is 0.918 bits per heavy atom. The van der Waals surface area contributed by atoms with Crippen LogP contribution in [0.3, 0.4) is 0 Å². The Morgan fingerprint density at radius 2 is 1.74 bits per heavy atom. The fourth-order valence-corrected chi connectivity index (χ4v) is 8.88. The third-order valence-electron chi connectivity index (χ3n) is 12.3. The standard InChI is InChI=1S/C47H51N9O5/c1-31-40-27-38(12-13-39(40)47(60)56(53-31)41-14-15-42(57)51-46(41)59)54-20-22-55(23-21-54)44(58)11-3-2-9-36-29-49-18-16-37(36)30-61-43-17-19-50-45(52-43)35-10-5-7-33(26-35)24-32-6-4-8-34(25-32)28-48/h4-8,10,12-13,17,19,25-27,36-37,41,49H,2-3,9,11,14-16,18,20-24,29-30H2,1H3,(H,51,57,59). The maximum Gasteiger partial charge on any atom is 0.275 e. The van der Waals surface area contributed by atoms with E-state index in [1.807, 2.05) is 66.4 Å². The van der Waals surface area contributed by atoms with E-state index in [-0.39, 0.29) is 30.2 Å². The van der Waals surface area contributed by atoms with Gasteiger partial charge in [0.15, 0.2) is 5.82 Å². The average molecular weight is 822 g/mol. The average Bonchev–Trinajstić information content (AvgIpc) is 3.29. The van der Waals surface area contributed by atoms with E-state index in [4.69, 9.17) is 9.72 Å². The molecule has 61 heavy (non-hydrogen) atoms. The Balaban J connectivity index is 0.789. The van der Waals surface area contributed by atoms with Gasteiger partial charge in [-0.25, -0.2) is 9.67 Å². The number of ether oxygens (including phenoxy) is 1. The van der Waals surface area contributed by atoms with Crippen molar-refractivity contribution in [3.05, 3.63) is 112 Å². The highest BCUT2D eigenvalue weighted by Gasteiger charge is 2.31. The molecule has 0 aliphatic carbocycles. The minimum Gasteiger partial charge on any atom is -0.477 e. The summed E-state index contributed by atoms with van der Waals surface area (Å²) in [4.78, 5) is 64.3. The van der Waals surface area contributed by atoms with Crippen LogP contribution in [0, 0.1) is 30.1 Å². The second-order valence-electron chi connectivity index (χ2n) is 16.4. The number of anilines is 1. The number of carbonyl (C=O) groups is 3. The van der Waals surface area contributed by atoms with E-state index >= 15 is 0 Å². The van der Waals surface area contributed by atoms with Crippen LogP contribution in [-0.2, 0) is 20.8 Å². The maximum atomic E-state index is 13.4. The number of benzene rings is 3. The fourth-order valence-electron chi connectivity index (χ4n) is 8.88. The first-order valence-corrected chi connectivity index (χ1v) is 21.4. The summed E-state index contributed by atoms with van der Waals surface area (Å²) in [5.41, 5.74) is 5.00. The lowest BCUT2D eigenvalue weighted by Gasteiger charge is -2.36. The predicted octanol–water partition coefficient (Wildman–Crippen LogP) is 5.12. The number of unbranched alkanes of at least 4 members (excludes halogenated alkanes) is 1. The van der Waals surface area contributed by atoms with Crippen LogP contribution in [0.1, 0.15) is 73.4 Å². The van der Waals surface area contributed by atoms with Crippen molar-refractivity contribution >= 4 is 34.2 Å². The molecule has 314 valence electrons. The first-order chi connectivity index (χ1) is 29.7. The number of rotatable bonds is 13. The molecule has 3 amide bonds. The van der Waals surface area contributed by atoms with E-state index in [1.54, 1.807) is 12.3 Å². The number of amides is 3. The molecular formula is C47H51N9O5. The SMILES string of the molecule is Cc1nn(C2CCC(=O)NC2=O)c(=O)c2ccc(N3CCN(C(=O)CCCCC4CNCCC4COc4ccnc(-c5cccc(Cc6cccc(C#N)c6)c5)n4)CC3)cc12. The number of aromatic nitrogens is 4. The van der Waals surface area contributed by atoms with E-state index in [0.717, 1.165) is 66.5 Å². The van der Waals surface area contributed by atoms with Gasteiger partial charge in [0.25, 0.3) is 11.5 Å². The molecule has 14 heteroatoms. The topological polar surface area (TPSA) is 175 Å². The molecule has 3 aliphatic heterocycles. The molecule has 3 aromatic carbocycles. The van der Waals surface area contributed by atoms with Crippen molar-refractivity contribution in [1.29, 1.82) is 5.26 Å². The van der Waals surface area contributed by atoms with Crippen molar-refractivity contribution in [3.63, 3.8) is 0 Å². The Bertz CT molecular complexity index is 2520. The zero-order valence-electron chi connectivity index (χ0n) is 34.5. The second-order valence-corrected chi connectivity index (χ2v) is 16.4. The Labute approximate surface area is 354 Å². The number of piperidine rings is 2. The highest BCUT2D eigenvalue weighted by Crippen LogP contribution is 2.28. The first-order valence-electron chi connectivity index (χ1n) is 21.4. The van der Waals surface area contributed by atoms with Gasteiger partial charge in [0.2, 0.25) is 17.7 Å². The maximum absolute atomic E-state index is 13.4. The van der Waals surface area contributed by atoms with Crippen molar-refractivity contribution in [2.45, 2.75) is 64.3 Å². The van der Waals surface area contributed by atoms with Gasteiger partial charge >= 0.3 is 0 Å². The molecule has 14 nitrogen and oxygen atoms in total. The van der Waals surface area contributed by atoms with Gasteiger partial charge in [-0.05, 0) is 111 Å². The monoisotopic (exact) mass is 821 g/mol. The first kappa shape index (κ1) is 41.3. The molecule has 3 aliphatic rings. The number of carbonyl (C=O) groups excluding carboxylic acids is 3. The molecule has 3 saturated heterocycles. The minimum absolute atomic E-state index is 0.167. The highest BCUT2D eigenvalue weighted by atomic mass is 16.5. The molecule has 3 unspecified atom stereocenters. The number of aryl methyl sites for hydroxylation is 1. The van der Waals surface area contributed by atoms with Crippen molar-refractivity contribution in [3.8, 4) is 23.3 Å². The molecule has 8 rings (SSSR count). The Hall–Kier alpha value is -6.46. The molecule has 2 N–H and O–H groups in total. The summed E-state index contributed by atoms with van der Waals surface area (Å²) < 4.78 is 7.52. The van der Waals surface area contributed by atoms with Crippen molar-refractivity contribution in [1.82, 2.24) is 35.3 Å². The summed E-state index contributed by atoms with van der Waals surface area (Å²) in [6, 6.07) is 24.7. The van der Waals surface area contributed by atoms with Crippen molar-refractivity contribution in [2.75, 3.05) is 50.8 Å². The zero-order valence-corrected chi connectivity index (χ0v) is 34.5. The van der Waals surface area contributed by atoms with Crippen LogP contribution in [0.15, 0.2) is 83.8 Å². The number of nitrogens with one attached hydrogen (secondary N) is 2. The van der Waals surface area contributed by atoms with E-state index < -0.39 is 11.9 Å². The van der Waals surface area contributed by atoms with Crippen molar-refractivity contribution < 1.29 is 19.1 Å². The Kier molecular flexibility index (Phi) is 12.8. The number of hydrogen-bond donors (Lipinski definition) is 2. The summed E-state index contributed by atoms with van der Waals surface area (Å²) in [5, 5.41) is 20.8. The fraction of sp³-hybridized carbons (Fsp3) is 0.404. The summed E-state index contributed by atoms with van der Waals surface area (Å²) >= 11 is 0. The summed E-state index contributed by atoms with van der Waals surface area (Å²) in [5.74, 6) is 1.35. The quantitative estimate of drug-likeness (QED) is 0.119. The van der Waals surface area contributed by atoms with E-state index in [9.17, 15) is 24.4 Å². The largest absolute Gasteiger partial charge is 0.477 e. The van der Waals surface area contributed by atoms with Crippen LogP contribution < -0.4 is 25.8 Å². The number of imide groups is 1. The molecule has 5 heterocycles. The molecule has 2 aromatic heterocycles. The predicted molar refractivity (Wildman–Crippen MR) is 231 cm³/mol. The molecular weight excluding hydrogens is 771 g/mol. The van der Waals surface area contributed by atoms with Crippen LogP contribution in [0.5, 0.6) is 5.88 Å². The lowest BCUT2D eigenvalue weighted by atomic mass is 9.83. The summed E-state index contributed by atoms with van der Waals surface area (Å²) in [7, 11) is 0. The van der Waals surface area contributed by atoms with Crippen LogP contribution in [0.4, 0.5) is 5.69 Å². The van der Waals surface area contributed by atoms with Crippen LogP contribution in [0.25, 0.3) is 22.2 Å². The number of piperazine rings is 1. The Morgan fingerprint density at radius 3 is 2.56 bits per heavy atom. The lowest BCUT2D eigenvalue weighted by molar-refractivity contribution is -0.136. The normalized spacial score (nSPS) is 19.4. The van der Waals surface area contributed by atoms with Gasteiger partial charge in [-0.2, -0.15) is 15.3 Å². The van der Waals surface area contributed by atoms with Gasteiger partial charge in [0.1, 0.15) is 6.04 Å². The second kappa shape index (κ2) is 18.9.